The Kier molecular flexibility index (Phi) is 9.69. The van der Waals surface area contributed by atoms with Crippen molar-refractivity contribution in [2.75, 3.05) is 23.9 Å². The van der Waals surface area contributed by atoms with Crippen molar-refractivity contribution in [2.45, 2.75) is 54.6 Å². The largest absolute Gasteiger partial charge is 0.342 e. The van der Waals surface area contributed by atoms with E-state index in [0.29, 0.717) is 22.7 Å². The quantitative estimate of drug-likeness (QED) is 0.435. The van der Waals surface area contributed by atoms with E-state index in [1.807, 2.05) is 96.1 Å². The number of fused-ring (bicyclic) bond motifs is 1. The molecule has 6 heteroatoms. The molecular formula is C29H37FN4O. The number of likely N-dealkylation sites (N-methyl/N-ethyl adjacent to an activating group) is 2. The van der Waals surface area contributed by atoms with Gasteiger partial charge in [0.1, 0.15) is 0 Å². The maximum absolute atomic E-state index is 15.2. The van der Waals surface area contributed by atoms with E-state index < -0.39 is 12.0 Å². The van der Waals surface area contributed by atoms with Gasteiger partial charge in [0.05, 0.1) is 22.8 Å². The zero-order valence-corrected chi connectivity index (χ0v) is 22.3. The van der Waals surface area contributed by atoms with Crippen LogP contribution in [0.25, 0.3) is 0 Å². The third-order valence-electron chi connectivity index (χ3n) is 5.85. The normalized spacial score (nSPS) is 14.5. The Morgan fingerprint density at radius 1 is 0.886 bits per heavy atom. The second kappa shape index (κ2) is 12.2. The number of anilines is 2. The maximum atomic E-state index is 15.2. The van der Waals surface area contributed by atoms with Crippen molar-refractivity contribution in [3.05, 3.63) is 88.5 Å². The van der Waals surface area contributed by atoms with Gasteiger partial charge < -0.3 is 9.80 Å². The van der Waals surface area contributed by atoms with E-state index in [9.17, 15) is 4.79 Å². The van der Waals surface area contributed by atoms with Crippen LogP contribution in [0.2, 0.25) is 0 Å². The van der Waals surface area contributed by atoms with Crippen LogP contribution in [0.5, 0.6) is 0 Å². The highest BCUT2D eigenvalue weighted by Gasteiger charge is 2.34. The zero-order chi connectivity index (χ0) is 26.3. The first-order chi connectivity index (χ1) is 16.8. The number of carbonyl (C=O) groups is 1. The number of benzodiazepines with no additional fused rings is 1. The minimum atomic E-state index is -0.929. The average molecular weight is 477 g/mol. The van der Waals surface area contributed by atoms with E-state index in [1.54, 1.807) is 30.8 Å². The fourth-order valence-electron chi connectivity index (χ4n) is 4.02. The molecule has 0 N–H and O–H groups in total. The molecule has 0 saturated carbocycles. The van der Waals surface area contributed by atoms with Gasteiger partial charge in [-0.3, -0.25) is 9.78 Å². The van der Waals surface area contributed by atoms with E-state index >= 15 is 4.39 Å². The zero-order valence-electron chi connectivity index (χ0n) is 22.3. The highest BCUT2D eigenvalue weighted by molar-refractivity contribution is 6.20. The molecule has 2 heterocycles. The lowest BCUT2D eigenvalue weighted by atomic mass is 10.0. The molecule has 35 heavy (non-hydrogen) atoms. The number of hydrogen-bond acceptors (Lipinski definition) is 4. The predicted octanol–water partition coefficient (Wildman–Crippen LogP) is 6.47. The van der Waals surface area contributed by atoms with Crippen molar-refractivity contribution in [2.24, 2.45) is 4.99 Å². The minimum Gasteiger partial charge on any atom is -0.342 e. The van der Waals surface area contributed by atoms with Gasteiger partial charge >= 0.3 is 0 Å². The molecule has 0 bridgehead atoms. The molecule has 2 aromatic carbocycles. The van der Waals surface area contributed by atoms with Crippen molar-refractivity contribution in [3.8, 4) is 0 Å². The molecule has 5 nitrogen and oxygen atoms in total. The summed E-state index contributed by atoms with van der Waals surface area (Å²) < 4.78 is 15.2. The molecule has 4 rings (SSSR count). The summed E-state index contributed by atoms with van der Waals surface area (Å²) in [6, 6.07) is 17.4. The second-order valence-electron chi connectivity index (χ2n) is 7.81. The monoisotopic (exact) mass is 476 g/mol. The Hall–Kier alpha value is -3.54. The van der Waals surface area contributed by atoms with Crippen LogP contribution < -0.4 is 9.80 Å². The molecule has 1 aliphatic heterocycles. The van der Waals surface area contributed by atoms with E-state index in [4.69, 9.17) is 4.99 Å². The maximum Gasteiger partial charge on any atom is 0.272 e. The van der Waals surface area contributed by atoms with Crippen LogP contribution in [0.1, 0.15) is 55.8 Å². The van der Waals surface area contributed by atoms with Crippen molar-refractivity contribution in [1.82, 2.24) is 4.98 Å². The van der Waals surface area contributed by atoms with E-state index in [-0.39, 0.29) is 5.91 Å². The molecule has 186 valence electrons. The molecule has 0 aliphatic carbocycles. The number of hydrogen-bond donors (Lipinski definition) is 0. The number of rotatable bonds is 3. The number of para-hydroxylation sites is 1. The van der Waals surface area contributed by atoms with Crippen molar-refractivity contribution < 1.29 is 9.18 Å². The van der Waals surface area contributed by atoms with E-state index in [0.717, 1.165) is 22.5 Å². The van der Waals surface area contributed by atoms with Gasteiger partial charge in [-0.15, -0.1) is 0 Å². The third-order valence-corrected chi connectivity index (χ3v) is 5.85. The molecular weight excluding hydrogens is 439 g/mol. The van der Waals surface area contributed by atoms with Gasteiger partial charge in [0.15, 0.2) is 5.82 Å². The van der Waals surface area contributed by atoms with Crippen molar-refractivity contribution in [1.29, 1.82) is 0 Å². The Morgan fingerprint density at radius 2 is 1.46 bits per heavy atom. The van der Waals surface area contributed by atoms with Gasteiger partial charge in [-0.25, -0.2) is 9.38 Å². The molecule has 1 atom stereocenters. The Labute approximate surface area is 209 Å². The first kappa shape index (κ1) is 27.7. The fourth-order valence-corrected chi connectivity index (χ4v) is 4.02. The highest BCUT2D eigenvalue weighted by atomic mass is 19.1. The number of aryl methyl sites for hydroxylation is 2. The summed E-state index contributed by atoms with van der Waals surface area (Å²) in [4.78, 5) is 25.9. The number of carbonyl (C=O) groups excluding carboxylic acids is 1. The molecule has 1 aliphatic rings. The molecule has 0 fully saturated rings. The molecule has 0 saturated heterocycles. The fraction of sp³-hybridized carbons (Fsp3) is 0.345. The third kappa shape index (κ3) is 5.42. The van der Waals surface area contributed by atoms with Gasteiger partial charge in [-0.1, -0.05) is 76.2 Å². The summed E-state index contributed by atoms with van der Waals surface area (Å²) >= 11 is 0. The van der Waals surface area contributed by atoms with Gasteiger partial charge in [-0.05, 0) is 32.4 Å². The van der Waals surface area contributed by atoms with Crippen LogP contribution >= 0.6 is 0 Å². The lowest BCUT2D eigenvalue weighted by Crippen LogP contribution is -2.45. The molecule has 0 radical (unpaired) electrons. The van der Waals surface area contributed by atoms with Gasteiger partial charge in [-0.2, -0.15) is 0 Å². The van der Waals surface area contributed by atoms with Gasteiger partial charge in [0, 0.05) is 30.9 Å². The summed E-state index contributed by atoms with van der Waals surface area (Å²) in [5, 5.41) is 0. The number of amides is 1. The molecule has 1 unspecified atom stereocenters. The van der Waals surface area contributed by atoms with Crippen molar-refractivity contribution >= 4 is 23.0 Å². The summed E-state index contributed by atoms with van der Waals surface area (Å²) in [5.74, 6) is -0.661. The van der Waals surface area contributed by atoms with E-state index in [2.05, 4.69) is 4.98 Å². The molecule has 0 spiro atoms. The van der Waals surface area contributed by atoms with Crippen LogP contribution in [-0.2, 0) is 4.79 Å². The summed E-state index contributed by atoms with van der Waals surface area (Å²) in [6.07, 6.45) is -0.929. The van der Waals surface area contributed by atoms with E-state index in [1.165, 1.54) is 0 Å². The Morgan fingerprint density at radius 3 is 2.09 bits per heavy atom. The van der Waals surface area contributed by atoms with Gasteiger partial charge in [0.25, 0.3) is 5.91 Å². The highest BCUT2D eigenvalue weighted by Crippen LogP contribution is 2.32. The Bertz CT molecular complexity index is 1160. The number of nitrogens with zero attached hydrogens (tertiary/aromatic N) is 4. The lowest BCUT2D eigenvalue weighted by Gasteiger charge is -2.30. The van der Waals surface area contributed by atoms with Crippen LogP contribution in [0.3, 0.4) is 0 Å². The number of pyridine rings is 1. The van der Waals surface area contributed by atoms with Crippen LogP contribution in [0.15, 0.2) is 59.6 Å². The van der Waals surface area contributed by atoms with Crippen LogP contribution in [0, 0.1) is 26.6 Å². The van der Waals surface area contributed by atoms with Crippen LogP contribution in [-0.4, -0.2) is 36.9 Å². The van der Waals surface area contributed by atoms with Crippen molar-refractivity contribution in [3.63, 3.8) is 0 Å². The number of halogens is 1. The minimum absolute atomic E-state index is 0.230. The SMILES string of the molecule is CC.CC.Cc1nc(C)c(F)c(N(C)C2N=C(c3ccccc3)c3ccccc3N(C)C2=O)c1C. The topological polar surface area (TPSA) is 48.8 Å². The standard InChI is InChI=1S/C25H25FN4O.2C2H6/c1-15-16(2)27-17(3)21(26)23(15)30(5)24-25(31)29(4)20-14-10-9-13-19(20)22(28-24)18-11-7-6-8-12-18;2*1-2/h6-14,24H,1-5H3;2*1-2H3. The molecule has 1 aromatic heterocycles. The lowest BCUT2D eigenvalue weighted by molar-refractivity contribution is -0.119. The summed E-state index contributed by atoms with van der Waals surface area (Å²) in [6.45, 7) is 13.3. The molecule has 3 aromatic rings. The second-order valence-corrected chi connectivity index (χ2v) is 7.81. The number of aromatic nitrogens is 1. The molecule has 1 amide bonds. The van der Waals surface area contributed by atoms with Gasteiger partial charge in [0.2, 0.25) is 6.17 Å². The summed E-state index contributed by atoms with van der Waals surface area (Å²) in [5.41, 5.74) is 5.30. The smallest absolute Gasteiger partial charge is 0.272 e. The Balaban J connectivity index is 0.00000103. The first-order valence-corrected chi connectivity index (χ1v) is 12.2. The first-order valence-electron chi connectivity index (χ1n) is 12.2. The summed E-state index contributed by atoms with van der Waals surface area (Å²) in [7, 11) is 3.44. The predicted molar refractivity (Wildman–Crippen MR) is 145 cm³/mol. The number of benzene rings is 2. The average Bonchev–Trinajstić information content (AvgIpc) is 3.00. The van der Waals surface area contributed by atoms with Crippen LogP contribution in [0.4, 0.5) is 15.8 Å². The number of aliphatic imine (C=N–C) groups is 1.